The van der Waals surface area contributed by atoms with Gasteiger partial charge in [-0.2, -0.15) is 17.7 Å². The van der Waals surface area contributed by atoms with Gasteiger partial charge in [-0.25, -0.2) is 0 Å². The van der Waals surface area contributed by atoms with Gasteiger partial charge >= 0.3 is 0 Å². The fourth-order valence-electron chi connectivity index (χ4n) is 1.84. The van der Waals surface area contributed by atoms with E-state index in [1.165, 1.54) is 19.3 Å². The second-order valence-electron chi connectivity index (χ2n) is 4.13. The van der Waals surface area contributed by atoms with Gasteiger partial charge in [0.2, 0.25) is 0 Å². The van der Waals surface area contributed by atoms with E-state index in [0.717, 1.165) is 17.0 Å². The summed E-state index contributed by atoms with van der Waals surface area (Å²) in [6.45, 7) is 0. The van der Waals surface area contributed by atoms with E-state index in [2.05, 4.69) is 22.9 Å². The zero-order chi connectivity index (χ0) is 11.0. The lowest BCUT2D eigenvalue weighted by Crippen LogP contribution is -2.16. The van der Waals surface area contributed by atoms with Crippen molar-refractivity contribution in [3.8, 4) is 11.3 Å². The third kappa shape index (κ3) is 1.65. The monoisotopic (exact) mass is 235 g/mol. The average Bonchev–Trinajstić information content (AvgIpc) is 2.81. The highest BCUT2D eigenvalue weighted by Gasteiger charge is 2.20. The van der Waals surface area contributed by atoms with E-state index in [9.17, 15) is 0 Å². The molecule has 2 heterocycles. The molecule has 2 aromatic heterocycles. The minimum absolute atomic E-state index is 0.584. The topological polar surface area (TPSA) is 43.9 Å². The molecule has 0 spiro atoms. The molecule has 1 aliphatic rings. The van der Waals surface area contributed by atoms with Crippen molar-refractivity contribution < 1.29 is 4.52 Å². The van der Waals surface area contributed by atoms with Crippen LogP contribution in [-0.4, -0.2) is 14.9 Å². The van der Waals surface area contributed by atoms with Crippen molar-refractivity contribution in [3.05, 3.63) is 24.2 Å². The van der Waals surface area contributed by atoms with Crippen molar-refractivity contribution in [2.75, 3.05) is 0 Å². The minimum Gasteiger partial charge on any atom is -0.356 e. The molecule has 1 saturated carbocycles. The predicted molar refractivity (Wildman–Crippen MR) is 63.3 cm³/mol. The van der Waals surface area contributed by atoms with Crippen LogP contribution in [0.4, 0.5) is 0 Å². The van der Waals surface area contributed by atoms with Gasteiger partial charge in [0.25, 0.3) is 0 Å². The van der Waals surface area contributed by atoms with Gasteiger partial charge in [-0.3, -0.25) is 4.68 Å². The van der Waals surface area contributed by atoms with Gasteiger partial charge in [-0.1, -0.05) is 5.16 Å². The third-order valence-corrected chi connectivity index (χ3v) is 3.38. The van der Waals surface area contributed by atoms with E-state index < -0.39 is 0 Å². The number of thiol groups is 1. The highest BCUT2D eigenvalue weighted by Crippen LogP contribution is 2.32. The van der Waals surface area contributed by atoms with Crippen LogP contribution in [0, 0.1) is 0 Å². The van der Waals surface area contributed by atoms with Gasteiger partial charge in [0.15, 0.2) is 5.76 Å². The third-order valence-electron chi connectivity index (χ3n) is 3.06. The standard InChI is InChI=1S/C11H13N3OS/c16-7-9-4-11(15-13-9)8-5-12-14(6-8)10-2-1-3-10/h4-6,10,16H,1-3,7H2. The van der Waals surface area contributed by atoms with Gasteiger partial charge in [-0.05, 0) is 19.3 Å². The van der Waals surface area contributed by atoms with Gasteiger partial charge in [0.1, 0.15) is 0 Å². The van der Waals surface area contributed by atoms with E-state index in [1.54, 1.807) is 0 Å². The first-order valence-corrected chi connectivity index (χ1v) is 6.11. The summed E-state index contributed by atoms with van der Waals surface area (Å²) >= 11 is 4.15. The van der Waals surface area contributed by atoms with E-state index in [-0.39, 0.29) is 0 Å². The van der Waals surface area contributed by atoms with Crippen molar-refractivity contribution >= 4 is 12.6 Å². The zero-order valence-electron chi connectivity index (χ0n) is 8.83. The first-order valence-electron chi connectivity index (χ1n) is 5.48. The van der Waals surface area contributed by atoms with Crippen LogP contribution in [0.3, 0.4) is 0 Å². The summed E-state index contributed by atoms with van der Waals surface area (Å²) in [5.74, 6) is 1.37. The van der Waals surface area contributed by atoms with Gasteiger partial charge in [-0.15, -0.1) is 0 Å². The molecule has 0 atom stereocenters. The van der Waals surface area contributed by atoms with Crippen LogP contribution in [0.15, 0.2) is 23.0 Å². The van der Waals surface area contributed by atoms with Gasteiger partial charge < -0.3 is 4.52 Å². The Kier molecular flexibility index (Phi) is 2.47. The summed E-state index contributed by atoms with van der Waals surface area (Å²) in [5, 5.41) is 8.27. The Morgan fingerprint density at radius 3 is 3.00 bits per heavy atom. The van der Waals surface area contributed by atoms with Crippen molar-refractivity contribution in [2.24, 2.45) is 0 Å². The van der Waals surface area contributed by atoms with Crippen LogP contribution in [0.5, 0.6) is 0 Å². The van der Waals surface area contributed by atoms with Crippen molar-refractivity contribution in [2.45, 2.75) is 31.1 Å². The summed E-state index contributed by atoms with van der Waals surface area (Å²) in [7, 11) is 0. The number of aromatic nitrogens is 3. The van der Waals surface area contributed by atoms with Crippen molar-refractivity contribution in [1.82, 2.24) is 14.9 Å². The van der Waals surface area contributed by atoms with Gasteiger partial charge in [0.05, 0.1) is 23.5 Å². The Morgan fingerprint density at radius 2 is 2.38 bits per heavy atom. The minimum atomic E-state index is 0.584. The summed E-state index contributed by atoms with van der Waals surface area (Å²) in [5.41, 5.74) is 1.85. The molecule has 3 rings (SSSR count). The number of nitrogens with zero attached hydrogens (tertiary/aromatic N) is 3. The highest BCUT2D eigenvalue weighted by molar-refractivity contribution is 7.79. The first-order chi connectivity index (χ1) is 7.86. The molecule has 0 bridgehead atoms. The summed E-state index contributed by atoms with van der Waals surface area (Å²) in [6.07, 6.45) is 7.65. The van der Waals surface area contributed by atoms with Crippen molar-refractivity contribution in [3.63, 3.8) is 0 Å². The molecule has 16 heavy (non-hydrogen) atoms. The molecular formula is C11H13N3OS. The van der Waals surface area contributed by atoms with E-state index >= 15 is 0 Å². The highest BCUT2D eigenvalue weighted by atomic mass is 32.1. The Morgan fingerprint density at radius 1 is 1.50 bits per heavy atom. The Balaban J connectivity index is 1.85. The van der Waals surface area contributed by atoms with Gasteiger partial charge in [0, 0.05) is 18.0 Å². The lowest BCUT2D eigenvalue weighted by Gasteiger charge is -2.25. The average molecular weight is 235 g/mol. The molecule has 84 valence electrons. The molecule has 0 unspecified atom stereocenters. The largest absolute Gasteiger partial charge is 0.356 e. The normalized spacial score (nSPS) is 16.3. The van der Waals surface area contributed by atoms with Crippen molar-refractivity contribution in [1.29, 1.82) is 0 Å². The van der Waals surface area contributed by atoms with Crippen LogP contribution in [0.2, 0.25) is 0 Å². The maximum absolute atomic E-state index is 5.23. The Hall–Kier alpha value is -1.23. The molecule has 0 saturated heterocycles. The Bertz CT molecular complexity index is 487. The van der Waals surface area contributed by atoms with E-state index in [0.29, 0.717) is 11.8 Å². The molecule has 0 aromatic carbocycles. The SMILES string of the molecule is SCc1cc(-c2cnn(C3CCC3)c2)on1. The second kappa shape index (κ2) is 3.97. The fourth-order valence-corrected chi connectivity index (χ4v) is 1.99. The van der Waals surface area contributed by atoms with E-state index in [4.69, 9.17) is 4.52 Å². The molecule has 1 aliphatic carbocycles. The predicted octanol–water partition coefficient (Wildman–Crippen LogP) is 2.69. The summed E-state index contributed by atoms with van der Waals surface area (Å²) in [4.78, 5) is 0. The van der Waals surface area contributed by atoms with Crippen LogP contribution in [-0.2, 0) is 5.75 Å². The molecule has 4 nitrogen and oxygen atoms in total. The van der Waals surface area contributed by atoms with Crippen LogP contribution < -0.4 is 0 Å². The van der Waals surface area contributed by atoms with Crippen LogP contribution in [0.25, 0.3) is 11.3 Å². The summed E-state index contributed by atoms with van der Waals surface area (Å²) in [6, 6.07) is 2.50. The van der Waals surface area contributed by atoms with E-state index in [1.807, 2.05) is 23.1 Å². The fraction of sp³-hybridized carbons (Fsp3) is 0.455. The molecular weight excluding hydrogens is 222 g/mol. The molecule has 0 aliphatic heterocycles. The Labute approximate surface area is 99.0 Å². The molecule has 2 aromatic rings. The number of hydrogen-bond donors (Lipinski definition) is 1. The maximum Gasteiger partial charge on any atom is 0.170 e. The molecule has 0 N–H and O–H groups in total. The lowest BCUT2D eigenvalue weighted by molar-refractivity contribution is 0.289. The second-order valence-corrected chi connectivity index (χ2v) is 4.45. The first kappa shape index (κ1) is 9.96. The number of rotatable bonds is 3. The molecule has 5 heteroatoms. The zero-order valence-corrected chi connectivity index (χ0v) is 9.73. The molecule has 1 fully saturated rings. The summed E-state index contributed by atoms with van der Waals surface area (Å²) < 4.78 is 7.26. The smallest absolute Gasteiger partial charge is 0.170 e. The van der Waals surface area contributed by atoms with Crippen LogP contribution in [0.1, 0.15) is 31.0 Å². The quantitative estimate of drug-likeness (QED) is 0.832. The van der Waals surface area contributed by atoms with Crippen LogP contribution >= 0.6 is 12.6 Å². The number of hydrogen-bond acceptors (Lipinski definition) is 4. The maximum atomic E-state index is 5.23. The molecule has 0 radical (unpaired) electrons. The molecule has 0 amide bonds. The lowest BCUT2D eigenvalue weighted by atomic mass is 9.93.